The fourth-order valence-electron chi connectivity index (χ4n) is 2.78. The van der Waals surface area contributed by atoms with Crippen LogP contribution < -0.4 is 5.32 Å². The standard InChI is InChI=1S/C15H24N2S/c1-4-15(5-2,18-3)11-17-13-9-8-12-7-6-10-16-14(12)13/h6-7,10,13,17H,4-5,8-9,11H2,1-3H3. The van der Waals surface area contributed by atoms with Gasteiger partial charge in [-0.2, -0.15) is 11.8 Å². The van der Waals surface area contributed by atoms with Gasteiger partial charge in [-0.05, 0) is 43.6 Å². The van der Waals surface area contributed by atoms with E-state index < -0.39 is 0 Å². The van der Waals surface area contributed by atoms with Crippen LogP contribution in [0.15, 0.2) is 18.3 Å². The Bertz CT molecular complexity index is 380. The van der Waals surface area contributed by atoms with Gasteiger partial charge in [0.1, 0.15) is 0 Å². The maximum atomic E-state index is 4.55. The molecule has 1 heterocycles. The van der Waals surface area contributed by atoms with Crippen LogP contribution in [-0.4, -0.2) is 22.5 Å². The first-order valence-electron chi connectivity index (χ1n) is 6.97. The van der Waals surface area contributed by atoms with E-state index in [0.717, 1.165) is 6.54 Å². The second-order valence-corrected chi connectivity index (χ2v) is 6.39. The molecule has 2 nitrogen and oxygen atoms in total. The second-order valence-electron chi connectivity index (χ2n) is 5.11. The molecule has 1 unspecified atom stereocenters. The third kappa shape index (κ3) is 2.72. The lowest BCUT2D eigenvalue weighted by Gasteiger charge is -2.31. The Morgan fingerprint density at radius 1 is 1.44 bits per heavy atom. The monoisotopic (exact) mass is 264 g/mol. The topological polar surface area (TPSA) is 24.9 Å². The molecule has 2 rings (SSSR count). The quantitative estimate of drug-likeness (QED) is 0.850. The minimum atomic E-state index is 0.386. The highest BCUT2D eigenvalue weighted by Crippen LogP contribution is 2.33. The lowest BCUT2D eigenvalue weighted by atomic mass is 10.0. The van der Waals surface area contributed by atoms with Crippen LogP contribution in [0.4, 0.5) is 0 Å². The van der Waals surface area contributed by atoms with Gasteiger partial charge < -0.3 is 5.32 Å². The zero-order valence-electron chi connectivity index (χ0n) is 11.7. The van der Waals surface area contributed by atoms with Crippen molar-refractivity contribution in [2.45, 2.75) is 50.3 Å². The van der Waals surface area contributed by atoms with Crippen LogP contribution >= 0.6 is 11.8 Å². The molecule has 1 atom stereocenters. The number of hydrogen-bond donors (Lipinski definition) is 1. The van der Waals surface area contributed by atoms with Crippen molar-refractivity contribution in [1.82, 2.24) is 10.3 Å². The Labute approximate surface area is 115 Å². The first-order valence-corrected chi connectivity index (χ1v) is 8.19. The van der Waals surface area contributed by atoms with Crippen LogP contribution in [-0.2, 0) is 6.42 Å². The van der Waals surface area contributed by atoms with Crippen molar-refractivity contribution in [3.8, 4) is 0 Å². The normalized spacial score (nSPS) is 18.9. The van der Waals surface area contributed by atoms with Gasteiger partial charge in [-0.25, -0.2) is 0 Å². The fourth-order valence-corrected chi connectivity index (χ4v) is 3.59. The smallest absolute Gasteiger partial charge is 0.0605 e. The lowest BCUT2D eigenvalue weighted by Crippen LogP contribution is -2.38. The molecule has 0 spiro atoms. The van der Waals surface area contributed by atoms with E-state index in [2.05, 4.69) is 36.5 Å². The predicted octanol–water partition coefficient (Wildman–Crippen LogP) is 3.58. The van der Waals surface area contributed by atoms with Crippen molar-refractivity contribution in [3.63, 3.8) is 0 Å². The fraction of sp³-hybridized carbons (Fsp3) is 0.667. The molecule has 0 bridgehead atoms. The highest BCUT2D eigenvalue weighted by atomic mass is 32.2. The molecule has 0 saturated carbocycles. The number of rotatable bonds is 6. The Morgan fingerprint density at radius 2 is 2.22 bits per heavy atom. The number of aromatic nitrogens is 1. The van der Waals surface area contributed by atoms with Crippen LogP contribution in [0.1, 0.15) is 50.4 Å². The second kappa shape index (κ2) is 6.07. The van der Waals surface area contributed by atoms with Gasteiger partial charge in [0, 0.05) is 17.5 Å². The molecule has 1 aromatic heterocycles. The zero-order chi connectivity index (χ0) is 13.0. The van der Waals surface area contributed by atoms with Gasteiger partial charge in [-0.1, -0.05) is 19.9 Å². The number of thioether (sulfide) groups is 1. The van der Waals surface area contributed by atoms with Crippen molar-refractivity contribution >= 4 is 11.8 Å². The van der Waals surface area contributed by atoms with Crippen molar-refractivity contribution in [3.05, 3.63) is 29.6 Å². The lowest BCUT2D eigenvalue weighted by molar-refractivity contribution is 0.439. The summed E-state index contributed by atoms with van der Waals surface area (Å²) in [4.78, 5) is 4.55. The van der Waals surface area contributed by atoms with Gasteiger partial charge in [0.2, 0.25) is 0 Å². The molecule has 18 heavy (non-hydrogen) atoms. The molecule has 1 N–H and O–H groups in total. The Balaban J connectivity index is 2.00. The van der Waals surface area contributed by atoms with Gasteiger partial charge in [0.15, 0.2) is 0 Å². The molecule has 100 valence electrons. The summed E-state index contributed by atoms with van der Waals surface area (Å²) in [7, 11) is 0. The van der Waals surface area contributed by atoms with E-state index in [1.165, 1.54) is 36.9 Å². The van der Waals surface area contributed by atoms with E-state index in [1.807, 2.05) is 24.0 Å². The number of pyridine rings is 1. The van der Waals surface area contributed by atoms with Gasteiger partial charge in [0.05, 0.1) is 11.7 Å². The molecular weight excluding hydrogens is 240 g/mol. The largest absolute Gasteiger partial charge is 0.307 e. The van der Waals surface area contributed by atoms with E-state index in [0.29, 0.717) is 10.8 Å². The molecule has 0 amide bonds. The van der Waals surface area contributed by atoms with E-state index in [9.17, 15) is 0 Å². The van der Waals surface area contributed by atoms with Crippen molar-refractivity contribution < 1.29 is 0 Å². The number of nitrogens with one attached hydrogen (secondary N) is 1. The van der Waals surface area contributed by atoms with Crippen molar-refractivity contribution in [1.29, 1.82) is 0 Å². The van der Waals surface area contributed by atoms with E-state index in [4.69, 9.17) is 0 Å². The summed E-state index contributed by atoms with van der Waals surface area (Å²) < 4.78 is 0.386. The minimum absolute atomic E-state index is 0.386. The SMILES string of the molecule is CCC(CC)(CNC1CCc2cccnc21)SC. The van der Waals surface area contributed by atoms with Crippen LogP contribution in [0.2, 0.25) is 0 Å². The van der Waals surface area contributed by atoms with Gasteiger partial charge in [-0.15, -0.1) is 0 Å². The molecule has 0 fully saturated rings. The maximum absolute atomic E-state index is 4.55. The summed E-state index contributed by atoms with van der Waals surface area (Å²) in [6.07, 6.45) is 8.96. The molecule has 1 aliphatic carbocycles. The highest BCUT2D eigenvalue weighted by molar-refractivity contribution is 8.00. The molecule has 0 radical (unpaired) electrons. The first kappa shape index (κ1) is 13.9. The van der Waals surface area contributed by atoms with Crippen LogP contribution in [0, 0.1) is 0 Å². The first-order chi connectivity index (χ1) is 8.74. The van der Waals surface area contributed by atoms with Gasteiger partial charge >= 0.3 is 0 Å². The molecule has 1 aliphatic rings. The zero-order valence-corrected chi connectivity index (χ0v) is 12.5. The van der Waals surface area contributed by atoms with Crippen LogP contribution in [0.3, 0.4) is 0 Å². The number of nitrogens with zero attached hydrogens (tertiary/aromatic N) is 1. The van der Waals surface area contributed by atoms with Crippen molar-refractivity contribution in [2.24, 2.45) is 0 Å². The summed E-state index contributed by atoms with van der Waals surface area (Å²) >= 11 is 2.00. The molecule has 0 aliphatic heterocycles. The number of hydrogen-bond acceptors (Lipinski definition) is 3. The van der Waals surface area contributed by atoms with Crippen LogP contribution in [0.25, 0.3) is 0 Å². The summed E-state index contributed by atoms with van der Waals surface area (Å²) in [6, 6.07) is 4.72. The number of aryl methyl sites for hydroxylation is 1. The molecular formula is C15H24N2S. The van der Waals surface area contributed by atoms with Gasteiger partial charge in [0.25, 0.3) is 0 Å². The van der Waals surface area contributed by atoms with E-state index in [-0.39, 0.29) is 0 Å². The van der Waals surface area contributed by atoms with Crippen LogP contribution in [0.5, 0.6) is 0 Å². The average molecular weight is 264 g/mol. The Hall–Kier alpha value is -0.540. The Kier molecular flexibility index (Phi) is 4.68. The molecule has 3 heteroatoms. The number of fused-ring (bicyclic) bond motifs is 1. The minimum Gasteiger partial charge on any atom is -0.307 e. The van der Waals surface area contributed by atoms with E-state index in [1.54, 1.807) is 0 Å². The van der Waals surface area contributed by atoms with E-state index >= 15 is 0 Å². The maximum Gasteiger partial charge on any atom is 0.0605 e. The van der Waals surface area contributed by atoms with Gasteiger partial charge in [-0.3, -0.25) is 4.98 Å². The Morgan fingerprint density at radius 3 is 2.89 bits per heavy atom. The summed E-state index contributed by atoms with van der Waals surface area (Å²) in [6.45, 7) is 5.67. The third-order valence-corrected chi connectivity index (χ3v) is 5.94. The molecule has 1 aromatic rings. The summed E-state index contributed by atoms with van der Waals surface area (Å²) in [5.41, 5.74) is 2.71. The third-order valence-electron chi connectivity index (χ3n) is 4.35. The molecule has 0 saturated heterocycles. The van der Waals surface area contributed by atoms with Crippen molar-refractivity contribution in [2.75, 3.05) is 12.8 Å². The average Bonchev–Trinajstić information content (AvgIpc) is 2.85. The predicted molar refractivity (Wildman–Crippen MR) is 80.1 cm³/mol. The summed E-state index contributed by atoms with van der Waals surface area (Å²) in [5, 5.41) is 3.75. The summed E-state index contributed by atoms with van der Waals surface area (Å²) in [5.74, 6) is 0. The molecule has 0 aromatic carbocycles. The highest BCUT2D eigenvalue weighted by Gasteiger charge is 2.29.